The summed E-state index contributed by atoms with van der Waals surface area (Å²) in [6.07, 6.45) is 6.91. The Morgan fingerprint density at radius 1 is 1.60 bits per heavy atom. The van der Waals surface area contributed by atoms with E-state index in [9.17, 15) is 0 Å². The number of hydrogen-bond donors (Lipinski definition) is 0. The largest absolute Gasteiger partial charge is 0.0988 e. The van der Waals surface area contributed by atoms with E-state index in [1.807, 2.05) is 6.08 Å². The molecule has 0 saturated heterocycles. The molecule has 0 N–H and O–H groups in total. The molecule has 0 aromatic heterocycles. The van der Waals surface area contributed by atoms with Crippen molar-refractivity contribution in [2.24, 2.45) is 11.8 Å². The topological polar surface area (TPSA) is 0 Å². The molecule has 1 aliphatic rings. The van der Waals surface area contributed by atoms with Gasteiger partial charge < -0.3 is 0 Å². The molecule has 0 amide bonds. The van der Waals surface area contributed by atoms with Gasteiger partial charge in [-0.2, -0.15) is 0 Å². The fourth-order valence-electron chi connectivity index (χ4n) is 1.55. The van der Waals surface area contributed by atoms with Crippen LogP contribution in [0.4, 0.5) is 0 Å². The predicted molar refractivity (Wildman–Crippen MR) is 45.8 cm³/mol. The highest BCUT2D eigenvalue weighted by Crippen LogP contribution is 2.29. The van der Waals surface area contributed by atoms with Crippen LogP contribution in [0.5, 0.6) is 0 Å². The minimum Gasteiger partial charge on any atom is -0.0988 e. The van der Waals surface area contributed by atoms with E-state index in [4.69, 9.17) is 0 Å². The summed E-state index contributed by atoms with van der Waals surface area (Å²) in [5.41, 5.74) is 1.44. The average molecular weight is 136 g/mol. The summed E-state index contributed by atoms with van der Waals surface area (Å²) in [5.74, 6) is 1.57. The van der Waals surface area contributed by atoms with Gasteiger partial charge in [-0.25, -0.2) is 0 Å². The first-order chi connectivity index (χ1) is 4.75. The van der Waals surface area contributed by atoms with Gasteiger partial charge in [0.05, 0.1) is 0 Å². The molecule has 0 spiro atoms. The lowest BCUT2D eigenvalue weighted by Crippen LogP contribution is -2.13. The van der Waals surface area contributed by atoms with E-state index in [1.54, 1.807) is 0 Å². The third-order valence-electron chi connectivity index (χ3n) is 2.62. The van der Waals surface area contributed by atoms with E-state index in [0.717, 1.165) is 11.8 Å². The Kier molecular flexibility index (Phi) is 2.31. The third kappa shape index (κ3) is 1.31. The first kappa shape index (κ1) is 7.59. The third-order valence-corrected chi connectivity index (χ3v) is 2.62. The van der Waals surface area contributed by atoms with Crippen molar-refractivity contribution in [3.63, 3.8) is 0 Å². The second-order valence-corrected chi connectivity index (χ2v) is 3.25. The van der Waals surface area contributed by atoms with Crippen molar-refractivity contribution in [3.05, 3.63) is 24.3 Å². The Hall–Kier alpha value is -0.520. The predicted octanol–water partition coefficient (Wildman–Crippen LogP) is 3.16. The summed E-state index contributed by atoms with van der Waals surface area (Å²) >= 11 is 0. The van der Waals surface area contributed by atoms with Gasteiger partial charge in [-0.05, 0) is 30.3 Å². The molecule has 10 heavy (non-hydrogen) atoms. The van der Waals surface area contributed by atoms with Crippen LogP contribution in [0, 0.1) is 11.8 Å². The van der Waals surface area contributed by atoms with E-state index < -0.39 is 0 Å². The van der Waals surface area contributed by atoms with Crippen LogP contribution in [-0.4, -0.2) is 0 Å². The van der Waals surface area contributed by atoms with Gasteiger partial charge in [0.15, 0.2) is 0 Å². The van der Waals surface area contributed by atoms with E-state index in [1.165, 1.54) is 18.4 Å². The lowest BCUT2D eigenvalue weighted by atomic mass is 9.81. The minimum atomic E-state index is 0.728. The van der Waals surface area contributed by atoms with Crippen LogP contribution in [0.15, 0.2) is 24.3 Å². The lowest BCUT2D eigenvalue weighted by Gasteiger charge is -2.24. The standard InChI is InChI=1S/C10H16/c1-4-10-7-5-6-8(2)9(10)3/h4,7-9H,1,5-6H2,2-3H3. The second-order valence-electron chi connectivity index (χ2n) is 3.25. The minimum absolute atomic E-state index is 0.728. The summed E-state index contributed by atoms with van der Waals surface area (Å²) in [4.78, 5) is 0. The fourth-order valence-corrected chi connectivity index (χ4v) is 1.55. The molecule has 0 heterocycles. The Labute approximate surface area is 63.6 Å². The molecule has 0 nitrogen and oxygen atoms in total. The highest BCUT2D eigenvalue weighted by atomic mass is 14.2. The molecule has 0 heteroatoms. The van der Waals surface area contributed by atoms with Gasteiger partial charge >= 0.3 is 0 Å². The fraction of sp³-hybridized carbons (Fsp3) is 0.600. The van der Waals surface area contributed by atoms with E-state index >= 15 is 0 Å². The molecule has 0 fully saturated rings. The van der Waals surface area contributed by atoms with Crippen molar-refractivity contribution in [1.29, 1.82) is 0 Å². The number of rotatable bonds is 1. The van der Waals surface area contributed by atoms with Gasteiger partial charge in [-0.1, -0.05) is 32.6 Å². The molecule has 0 aliphatic heterocycles. The summed E-state index contributed by atoms with van der Waals surface area (Å²) in [6.45, 7) is 8.41. The normalized spacial score (nSPS) is 33.2. The lowest BCUT2D eigenvalue weighted by molar-refractivity contribution is 0.399. The molecule has 2 unspecified atom stereocenters. The van der Waals surface area contributed by atoms with Crippen molar-refractivity contribution in [3.8, 4) is 0 Å². The van der Waals surface area contributed by atoms with Gasteiger partial charge in [0.25, 0.3) is 0 Å². The van der Waals surface area contributed by atoms with Crippen LogP contribution in [-0.2, 0) is 0 Å². The summed E-state index contributed by atoms with van der Waals surface area (Å²) in [6, 6.07) is 0. The monoisotopic (exact) mass is 136 g/mol. The molecule has 0 aromatic rings. The molecule has 56 valence electrons. The first-order valence-corrected chi connectivity index (χ1v) is 4.08. The summed E-state index contributed by atoms with van der Waals surface area (Å²) in [7, 11) is 0. The highest BCUT2D eigenvalue weighted by Gasteiger charge is 2.17. The van der Waals surface area contributed by atoms with Gasteiger partial charge in [0.1, 0.15) is 0 Å². The highest BCUT2D eigenvalue weighted by molar-refractivity contribution is 5.21. The van der Waals surface area contributed by atoms with Crippen molar-refractivity contribution in [2.45, 2.75) is 26.7 Å². The molecular formula is C10H16. The van der Waals surface area contributed by atoms with Crippen LogP contribution in [0.25, 0.3) is 0 Å². The van der Waals surface area contributed by atoms with E-state index in [0.29, 0.717) is 0 Å². The number of hydrogen-bond acceptors (Lipinski definition) is 0. The van der Waals surface area contributed by atoms with Crippen molar-refractivity contribution < 1.29 is 0 Å². The SMILES string of the molecule is C=CC1=CCCC(C)C1C. The second kappa shape index (κ2) is 3.05. The molecule has 0 bridgehead atoms. The van der Waals surface area contributed by atoms with Gasteiger partial charge in [0.2, 0.25) is 0 Å². The smallest absolute Gasteiger partial charge is 0.0168 e. The Morgan fingerprint density at radius 3 is 2.80 bits per heavy atom. The summed E-state index contributed by atoms with van der Waals surface area (Å²) in [5, 5.41) is 0. The molecule has 1 aliphatic carbocycles. The maximum Gasteiger partial charge on any atom is -0.0168 e. The van der Waals surface area contributed by atoms with Crippen LogP contribution in [0.2, 0.25) is 0 Å². The zero-order valence-corrected chi connectivity index (χ0v) is 6.93. The van der Waals surface area contributed by atoms with Gasteiger partial charge in [0, 0.05) is 0 Å². The molecule has 0 aromatic carbocycles. The van der Waals surface area contributed by atoms with Crippen molar-refractivity contribution in [1.82, 2.24) is 0 Å². The quantitative estimate of drug-likeness (QED) is 0.519. The summed E-state index contributed by atoms with van der Waals surface area (Å²) < 4.78 is 0. The zero-order chi connectivity index (χ0) is 7.56. The molecular weight excluding hydrogens is 120 g/mol. The average Bonchev–Trinajstić information content (AvgIpc) is 1.95. The van der Waals surface area contributed by atoms with Crippen LogP contribution in [0.3, 0.4) is 0 Å². The van der Waals surface area contributed by atoms with Gasteiger partial charge in [-0.15, -0.1) is 0 Å². The molecule has 1 rings (SSSR count). The van der Waals surface area contributed by atoms with E-state index in [-0.39, 0.29) is 0 Å². The van der Waals surface area contributed by atoms with Gasteiger partial charge in [-0.3, -0.25) is 0 Å². The maximum absolute atomic E-state index is 3.80. The Morgan fingerprint density at radius 2 is 2.30 bits per heavy atom. The molecule has 0 radical (unpaired) electrons. The van der Waals surface area contributed by atoms with Crippen LogP contribution in [0.1, 0.15) is 26.7 Å². The van der Waals surface area contributed by atoms with Crippen LogP contribution >= 0.6 is 0 Å². The first-order valence-electron chi connectivity index (χ1n) is 4.08. The Balaban J connectivity index is 2.71. The molecule has 0 saturated carbocycles. The van der Waals surface area contributed by atoms with E-state index in [2.05, 4.69) is 26.5 Å². The number of allylic oxidation sites excluding steroid dienone is 3. The van der Waals surface area contributed by atoms with Crippen molar-refractivity contribution in [2.75, 3.05) is 0 Å². The molecule has 2 atom stereocenters. The van der Waals surface area contributed by atoms with Crippen LogP contribution < -0.4 is 0 Å². The Bertz CT molecular complexity index is 153. The zero-order valence-electron chi connectivity index (χ0n) is 6.93. The van der Waals surface area contributed by atoms with Crippen molar-refractivity contribution >= 4 is 0 Å². The maximum atomic E-state index is 3.80.